The van der Waals surface area contributed by atoms with Crippen molar-refractivity contribution in [1.82, 2.24) is 0 Å². The molecule has 0 radical (unpaired) electrons. The van der Waals surface area contributed by atoms with Gasteiger partial charge in [-0.05, 0) is 49.8 Å². The molecular formula is C19H19NO4. The molecule has 1 aromatic carbocycles. The van der Waals surface area contributed by atoms with Gasteiger partial charge in [-0.15, -0.1) is 0 Å². The fraction of sp³-hybridized carbons (Fsp3) is 0.421. The Morgan fingerprint density at radius 1 is 1.08 bits per heavy atom. The lowest BCUT2D eigenvalue weighted by atomic mass is 9.63. The van der Waals surface area contributed by atoms with E-state index in [4.69, 9.17) is 4.74 Å². The number of ether oxygens (including phenoxy) is 1. The van der Waals surface area contributed by atoms with Gasteiger partial charge in [0.1, 0.15) is 5.75 Å². The zero-order chi connectivity index (χ0) is 17.0. The second-order valence-electron chi connectivity index (χ2n) is 6.80. The first kappa shape index (κ1) is 15.1. The van der Waals surface area contributed by atoms with Gasteiger partial charge in [-0.25, -0.2) is 4.90 Å². The van der Waals surface area contributed by atoms with Crippen LogP contribution in [0.3, 0.4) is 0 Å². The van der Waals surface area contributed by atoms with Crippen molar-refractivity contribution < 1.29 is 19.1 Å². The minimum Gasteiger partial charge on any atom is -0.495 e. The van der Waals surface area contributed by atoms with Crippen LogP contribution < -0.4 is 9.64 Å². The molecule has 5 nitrogen and oxygen atoms in total. The fourth-order valence-corrected chi connectivity index (χ4v) is 4.40. The molecule has 1 heterocycles. The first-order chi connectivity index (χ1) is 11.5. The molecule has 1 aromatic rings. The maximum Gasteiger partial charge on any atom is 0.238 e. The molecule has 4 atom stereocenters. The van der Waals surface area contributed by atoms with Crippen molar-refractivity contribution in [1.29, 1.82) is 0 Å². The van der Waals surface area contributed by atoms with Crippen molar-refractivity contribution in [2.24, 2.45) is 23.7 Å². The molecule has 1 saturated heterocycles. The van der Waals surface area contributed by atoms with Gasteiger partial charge >= 0.3 is 0 Å². The first-order valence-corrected chi connectivity index (χ1v) is 8.28. The second-order valence-corrected chi connectivity index (χ2v) is 6.80. The van der Waals surface area contributed by atoms with Gasteiger partial charge in [-0.2, -0.15) is 0 Å². The number of carbonyl (C=O) groups is 3. The molecule has 0 unspecified atom stereocenters. The van der Waals surface area contributed by atoms with Crippen LogP contribution in [0.25, 0.3) is 0 Å². The summed E-state index contributed by atoms with van der Waals surface area (Å²) in [5, 5.41) is 0. The number of ketones is 1. The van der Waals surface area contributed by atoms with Gasteiger partial charge in [0, 0.05) is 5.56 Å². The molecule has 1 saturated carbocycles. The molecule has 24 heavy (non-hydrogen) atoms. The number of nitrogens with zero attached hydrogens (tertiary/aromatic N) is 1. The van der Waals surface area contributed by atoms with Gasteiger partial charge < -0.3 is 4.74 Å². The molecule has 124 valence electrons. The third-order valence-corrected chi connectivity index (χ3v) is 5.59. The van der Waals surface area contributed by atoms with Crippen molar-refractivity contribution >= 4 is 23.3 Å². The normalized spacial score (nSPS) is 30.7. The van der Waals surface area contributed by atoms with Gasteiger partial charge in [0.2, 0.25) is 11.8 Å². The second kappa shape index (κ2) is 5.30. The summed E-state index contributed by atoms with van der Waals surface area (Å²) in [7, 11) is 1.50. The maximum absolute atomic E-state index is 13.0. The topological polar surface area (TPSA) is 63.7 Å². The highest BCUT2D eigenvalue weighted by molar-refractivity contribution is 6.23. The molecule has 2 fully saturated rings. The lowest BCUT2D eigenvalue weighted by Crippen LogP contribution is -2.38. The van der Waals surface area contributed by atoms with E-state index in [9.17, 15) is 14.4 Å². The van der Waals surface area contributed by atoms with Crippen LogP contribution in [0.4, 0.5) is 5.69 Å². The lowest BCUT2D eigenvalue weighted by Gasteiger charge is -2.38. The molecule has 1 aliphatic heterocycles. The number of imide groups is 1. The Morgan fingerprint density at radius 3 is 2.12 bits per heavy atom. The van der Waals surface area contributed by atoms with E-state index in [0.717, 1.165) is 12.8 Å². The molecule has 0 aromatic heterocycles. The van der Waals surface area contributed by atoms with Gasteiger partial charge in [0.15, 0.2) is 5.78 Å². The minimum absolute atomic E-state index is 0.114. The standard InChI is InChI=1S/C19H19NO4/c1-10(21)13-7-8-15(24-2)14(9-13)20-18(22)16-11-3-4-12(6-5-11)17(16)19(20)23/h3-4,7-9,11-12,16-17H,5-6H2,1-2H3/t11-,12-,16-,17-/m1/s1. The molecule has 3 aliphatic carbocycles. The number of methoxy groups -OCH3 is 1. The van der Waals surface area contributed by atoms with E-state index in [-0.39, 0.29) is 41.3 Å². The highest BCUT2D eigenvalue weighted by atomic mass is 16.5. The van der Waals surface area contributed by atoms with E-state index >= 15 is 0 Å². The van der Waals surface area contributed by atoms with Crippen LogP contribution in [0.5, 0.6) is 5.75 Å². The van der Waals surface area contributed by atoms with Crippen molar-refractivity contribution in [3.8, 4) is 5.75 Å². The summed E-state index contributed by atoms with van der Waals surface area (Å²) in [6.45, 7) is 1.46. The van der Waals surface area contributed by atoms with Crippen molar-refractivity contribution in [3.05, 3.63) is 35.9 Å². The van der Waals surface area contributed by atoms with E-state index in [1.165, 1.54) is 18.9 Å². The Hall–Kier alpha value is -2.43. The van der Waals surface area contributed by atoms with Crippen LogP contribution in [0.2, 0.25) is 0 Å². The van der Waals surface area contributed by atoms with Crippen LogP contribution in [0, 0.1) is 23.7 Å². The van der Waals surface area contributed by atoms with Gasteiger partial charge in [0.05, 0.1) is 24.6 Å². The molecule has 0 N–H and O–H groups in total. The van der Waals surface area contributed by atoms with E-state index in [2.05, 4.69) is 12.2 Å². The van der Waals surface area contributed by atoms with Gasteiger partial charge in [-0.1, -0.05) is 12.2 Å². The average Bonchev–Trinajstić information content (AvgIpc) is 2.88. The Labute approximate surface area is 140 Å². The molecule has 2 amide bonds. The summed E-state index contributed by atoms with van der Waals surface area (Å²) in [6, 6.07) is 4.87. The number of hydrogen-bond donors (Lipinski definition) is 0. The SMILES string of the molecule is COc1ccc(C(C)=O)cc1N1C(=O)[C@H]2[C@H](C1=O)[C@@H]1C=C[C@@H]2CC1. The minimum atomic E-state index is -0.271. The molecule has 5 heteroatoms. The van der Waals surface area contributed by atoms with E-state index < -0.39 is 0 Å². The molecule has 2 bridgehead atoms. The number of Topliss-reactive ketones (excluding diaryl/α,β-unsaturated/α-hetero) is 1. The zero-order valence-electron chi connectivity index (χ0n) is 13.7. The monoisotopic (exact) mass is 325 g/mol. The average molecular weight is 325 g/mol. The molecular weight excluding hydrogens is 306 g/mol. The molecule has 0 spiro atoms. The number of carbonyl (C=O) groups excluding carboxylic acids is 3. The van der Waals surface area contributed by atoms with E-state index in [1.54, 1.807) is 18.2 Å². The van der Waals surface area contributed by atoms with E-state index in [1.807, 2.05) is 0 Å². The smallest absolute Gasteiger partial charge is 0.238 e. The van der Waals surface area contributed by atoms with Crippen LogP contribution >= 0.6 is 0 Å². The molecule has 5 rings (SSSR count). The Balaban J connectivity index is 1.80. The predicted molar refractivity (Wildman–Crippen MR) is 87.8 cm³/mol. The lowest BCUT2D eigenvalue weighted by molar-refractivity contribution is -0.124. The third-order valence-electron chi connectivity index (χ3n) is 5.59. The number of fused-ring (bicyclic) bond motifs is 1. The summed E-state index contributed by atoms with van der Waals surface area (Å²) in [4.78, 5) is 39.0. The van der Waals surface area contributed by atoms with Gasteiger partial charge in [0.25, 0.3) is 0 Å². The van der Waals surface area contributed by atoms with Crippen molar-refractivity contribution in [2.75, 3.05) is 12.0 Å². The number of rotatable bonds is 3. The summed E-state index contributed by atoms with van der Waals surface area (Å²) in [5.41, 5.74) is 0.844. The molecule has 4 aliphatic rings. The number of amides is 2. The van der Waals surface area contributed by atoms with Crippen LogP contribution in [-0.4, -0.2) is 24.7 Å². The largest absolute Gasteiger partial charge is 0.495 e. The van der Waals surface area contributed by atoms with Crippen LogP contribution in [0.15, 0.2) is 30.4 Å². The number of benzene rings is 1. The highest BCUT2D eigenvalue weighted by Gasteiger charge is 2.57. The van der Waals surface area contributed by atoms with Crippen LogP contribution in [-0.2, 0) is 9.59 Å². The van der Waals surface area contributed by atoms with E-state index in [0.29, 0.717) is 17.0 Å². The summed E-state index contributed by atoms with van der Waals surface area (Å²) >= 11 is 0. The predicted octanol–water partition coefficient (Wildman–Crippen LogP) is 2.60. The Bertz CT molecular complexity index is 750. The quantitative estimate of drug-likeness (QED) is 0.487. The fourth-order valence-electron chi connectivity index (χ4n) is 4.40. The summed E-state index contributed by atoms with van der Waals surface area (Å²) in [5.74, 6) is -0.269. The zero-order valence-corrected chi connectivity index (χ0v) is 13.7. The summed E-state index contributed by atoms with van der Waals surface area (Å²) in [6.07, 6.45) is 6.10. The third kappa shape index (κ3) is 1.97. The number of hydrogen-bond acceptors (Lipinski definition) is 4. The number of allylic oxidation sites excluding steroid dienone is 2. The first-order valence-electron chi connectivity index (χ1n) is 8.28. The highest BCUT2D eigenvalue weighted by Crippen LogP contribution is 2.51. The maximum atomic E-state index is 13.0. The Kier molecular flexibility index (Phi) is 3.34. The van der Waals surface area contributed by atoms with Gasteiger partial charge in [-0.3, -0.25) is 14.4 Å². The Morgan fingerprint density at radius 2 is 1.67 bits per heavy atom. The van der Waals surface area contributed by atoms with Crippen LogP contribution in [0.1, 0.15) is 30.1 Å². The van der Waals surface area contributed by atoms with Crippen molar-refractivity contribution in [2.45, 2.75) is 19.8 Å². The summed E-state index contributed by atoms with van der Waals surface area (Å²) < 4.78 is 5.34. The van der Waals surface area contributed by atoms with Crippen molar-refractivity contribution in [3.63, 3.8) is 0 Å². The number of anilines is 1.